The number of ether oxygens (including phenoxy) is 2. The molecule has 2 rings (SSSR count). The van der Waals surface area contributed by atoms with Crippen LogP contribution < -0.4 is 10.1 Å². The van der Waals surface area contributed by atoms with E-state index in [4.69, 9.17) is 9.47 Å². The van der Waals surface area contributed by atoms with E-state index >= 15 is 0 Å². The molecule has 0 bridgehead atoms. The fourth-order valence-electron chi connectivity index (χ4n) is 2.47. The molecule has 0 atom stereocenters. The van der Waals surface area contributed by atoms with Gasteiger partial charge in [0.2, 0.25) is 0 Å². The summed E-state index contributed by atoms with van der Waals surface area (Å²) in [5.41, 5.74) is 3.22. The molecule has 1 N–H and O–H groups in total. The molecule has 2 aromatic rings. The molecular formula is C20H26N2O3. The summed E-state index contributed by atoms with van der Waals surface area (Å²) >= 11 is 0. The molecule has 5 heteroatoms. The van der Waals surface area contributed by atoms with Gasteiger partial charge >= 0.3 is 6.03 Å². The van der Waals surface area contributed by atoms with Crippen LogP contribution in [0.25, 0.3) is 0 Å². The zero-order valence-corrected chi connectivity index (χ0v) is 15.1. The molecule has 0 heterocycles. The quantitative estimate of drug-likeness (QED) is 0.798. The highest BCUT2D eigenvalue weighted by atomic mass is 16.5. The second kappa shape index (κ2) is 9.69. The molecule has 0 aliphatic rings. The van der Waals surface area contributed by atoms with Crippen LogP contribution in [0.15, 0.2) is 48.5 Å². The number of carbonyl (C=O) groups is 1. The second-order valence-corrected chi connectivity index (χ2v) is 5.77. The molecule has 0 saturated heterocycles. The van der Waals surface area contributed by atoms with Crippen molar-refractivity contribution in [2.75, 3.05) is 20.8 Å². The molecule has 5 nitrogen and oxygen atoms in total. The second-order valence-electron chi connectivity index (χ2n) is 5.77. The summed E-state index contributed by atoms with van der Waals surface area (Å²) in [5, 5.41) is 2.97. The van der Waals surface area contributed by atoms with Crippen LogP contribution in [0.4, 0.5) is 4.79 Å². The van der Waals surface area contributed by atoms with Crippen molar-refractivity contribution in [1.82, 2.24) is 10.2 Å². The first-order valence-electron chi connectivity index (χ1n) is 8.40. The normalized spacial score (nSPS) is 10.4. The molecule has 2 amide bonds. The third kappa shape index (κ3) is 5.80. The third-order valence-electron chi connectivity index (χ3n) is 3.94. The van der Waals surface area contributed by atoms with Crippen LogP contribution in [0.5, 0.6) is 5.75 Å². The Morgan fingerprint density at radius 3 is 2.40 bits per heavy atom. The van der Waals surface area contributed by atoms with Crippen LogP contribution in [0.1, 0.15) is 23.6 Å². The Hall–Kier alpha value is -2.53. The van der Waals surface area contributed by atoms with E-state index in [0.29, 0.717) is 26.3 Å². The van der Waals surface area contributed by atoms with E-state index in [9.17, 15) is 4.79 Å². The maximum atomic E-state index is 12.3. The van der Waals surface area contributed by atoms with Gasteiger partial charge in [-0.25, -0.2) is 4.79 Å². The zero-order chi connectivity index (χ0) is 18.1. The molecule has 0 saturated carbocycles. The fourth-order valence-corrected chi connectivity index (χ4v) is 2.47. The van der Waals surface area contributed by atoms with Crippen molar-refractivity contribution in [2.45, 2.75) is 26.6 Å². The SMILES string of the molecule is CCOCc1ccccc1CNC(=O)N(C)Cc1ccc(OC)cc1. The van der Waals surface area contributed by atoms with Crippen molar-refractivity contribution in [1.29, 1.82) is 0 Å². The number of hydrogen-bond donors (Lipinski definition) is 1. The van der Waals surface area contributed by atoms with Crippen molar-refractivity contribution < 1.29 is 14.3 Å². The first-order valence-corrected chi connectivity index (χ1v) is 8.40. The van der Waals surface area contributed by atoms with E-state index in [1.54, 1.807) is 19.1 Å². The van der Waals surface area contributed by atoms with Gasteiger partial charge in [0.25, 0.3) is 0 Å². The van der Waals surface area contributed by atoms with E-state index in [1.165, 1.54) is 0 Å². The van der Waals surface area contributed by atoms with Crippen LogP contribution in [0.3, 0.4) is 0 Å². The van der Waals surface area contributed by atoms with E-state index in [0.717, 1.165) is 22.4 Å². The van der Waals surface area contributed by atoms with E-state index in [-0.39, 0.29) is 6.03 Å². The number of nitrogens with one attached hydrogen (secondary N) is 1. The minimum atomic E-state index is -0.109. The number of carbonyl (C=O) groups excluding carboxylic acids is 1. The standard InChI is InChI=1S/C20H26N2O3/c1-4-25-15-18-8-6-5-7-17(18)13-21-20(23)22(2)14-16-9-11-19(24-3)12-10-16/h5-12H,4,13-15H2,1-3H3,(H,21,23). The summed E-state index contributed by atoms with van der Waals surface area (Å²) in [4.78, 5) is 14.0. The van der Waals surface area contributed by atoms with Crippen molar-refractivity contribution in [2.24, 2.45) is 0 Å². The van der Waals surface area contributed by atoms with Crippen molar-refractivity contribution >= 4 is 6.03 Å². The Morgan fingerprint density at radius 1 is 1.08 bits per heavy atom. The molecule has 0 radical (unpaired) electrons. The van der Waals surface area contributed by atoms with Gasteiger partial charge in [-0.3, -0.25) is 0 Å². The number of rotatable bonds is 8. The molecule has 0 aromatic heterocycles. The molecule has 134 valence electrons. The minimum absolute atomic E-state index is 0.109. The largest absolute Gasteiger partial charge is 0.497 e. The molecule has 2 aromatic carbocycles. The molecule has 0 aliphatic heterocycles. The Balaban J connectivity index is 1.88. The first-order chi connectivity index (χ1) is 12.1. The lowest BCUT2D eigenvalue weighted by molar-refractivity contribution is 0.133. The van der Waals surface area contributed by atoms with Crippen LogP contribution >= 0.6 is 0 Å². The summed E-state index contributed by atoms with van der Waals surface area (Å²) in [6.45, 7) is 4.22. The van der Waals surface area contributed by atoms with E-state index in [2.05, 4.69) is 5.32 Å². The van der Waals surface area contributed by atoms with Crippen LogP contribution in [0, 0.1) is 0 Å². The third-order valence-corrected chi connectivity index (χ3v) is 3.94. The van der Waals surface area contributed by atoms with Gasteiger partial charge in [0.05, 0.1) is 13.7 Å². The minimum Gasteiger partial charge on any atom is -0.497 e. The molecule has 0 unspecified atom stereocenters. The summed E-state index contributed by atoms with van der Waals surface area (Å²) in [6.07, 6.45) is 0. The summed E-state index contributed by atoms with van der Waals surface area (Å²) in [7, 11) is 3.42. The van der Waals surface area contributed by atoms with Crippen LogP contribution in [-0.2, 0) is 24.4 Å². The van der Waals surface area contributed by atoms with Crippen molar-refractivity contribution in [3.8, 4) is 5.75 Å². The van der Waals surface area contributed by atoms with Crippen LogP contribution in [0.2, 0.25) is 0 Å². The smallest absolute Gasteiger partial charge is 0.317 e. The number of urea groups is 1. The molecular weight excluding hydrogens is 316 g/mol. The average Bonchev–Trinajstić information content (AvgIpc) is 2.65. The number of amides is 2. The van der Waals surface area contributed by atoms with Crippen LogP contribution in [-0.4, -0.2) is 31.7 Å². The Morgan fingerprint density at radius 2 is 1.76 bits per heavy atom. The number of hydrogen-bond acceptors (Lipinski definition) is 3. The Labute approximate surface area is 149 Å². The monoisotopic (exact) mass is 342 g/mol. The predicted octanol–water partition coefficient (Wildman–Crippen LogP) is 3.57. The van der Waals surface area contributed by atoms with Gasteiger partial charge in [-0.2, -0.15) is 0 Å². The zero-order valence-electron chi connectivity index (χ0n) is 15.1. The summed E-state index contributed by atoms with van der Waals surface area (Å²) in [5.74, 6) is 0.807. The van der Waals surface area contributed by atoms with Gasteiger partial charge in [0, 0.05) is 26.7 Å². The topological polar surface area (TPSA) is 50.8 Å². The highest BCUT2D eigenvalue weighted by Gasteiger charge is 2.10. The number of benzene rings is 2. The lowest BCUT2D eigenvalue weighted by atomic mass is 10.1. The number of nitrogens with zero attached hydrogens (tertiary/aromatic N) is 1. The maximum absolute atomic E-state index is 12.3. The van der Waals surface area contributed by atoms with Gasteiger partial charge in [-0.1, -0.05) is 36.4 Å². The average molecular weight is 342 g/mol. The van der Waals surface area contributed by atoms with E-state index in [1.807, 2.05) is 55.5 Å². The fraction of sp³-hybridized carbons (Fsp3) is 0.350. The Bertz CT molecular complexity index is 671. The highest BCUT2D eigenvalue weighted by Crippen LogP contribution is 2.13. The molecule has 0 aliphatic carbocycles. The summed E-state index contributed by atoms with van der Waals surface area (Å²) in [6, 6.07) is 15.6. The number of methoxy groups -OCH3 is 1. The molecule has 0 fully saturated rings. The van der Waals surface area contributed by atoms with Gasteiger partial charge < -0.3 is 19.7 Å². The summed E-state index contributed by atoms with van der Waals surface area (Å²) < 4.78 is 10.6. The highest BCUT2D eigenvalue weighted by molar-refractivity contribution is 5.73. The van der Waals surface area contributed by atoms with Crippen molar-refractivity contribution in [3.63, 3.8) is 0 Å². The lowest BCUT2D eigenvalue weighted by Crippen LogP contribution is -2.36. The Kier molecular flexibility index (Phi) is 7.29. The van der Waals surface area contributed by atoms with Gasteiger partial charge in [-0.05, 0) is 35.7 Å². The molecule has 25 heavy (non-hydrogen) atoms. The maximum Gasteiger partial charge on any atom is 0.317 e. The van der Waals surface area contributed by atoms with Gasteiger partial charge in [0.1, 0.15) is 5.75 Å². The lowest BCUT2D eigenvalue weighted by Gasteiger charge is -2.19. The predicted molar refractivity (Wildman–Crippen MR) is 98.5 cm³/mol. The van der Waals surface area contributed by atoms with Gasteiger partial charge in [-0.15, -0.1) is 0 Å². The van der Waals surface area contributed by atoms with Gasteiger partial charge in [0.15, 0.2) is 0 Å². The van der Waals surface area contributed by atoms with E-state index < -0.39 is 0 Å². The van der Waals surface area contributed by atoms with Crippen molar-refractivity contribution in [3.05, 3.63) is 65.2 Å². The first kappa shape index (κ1) is 18.8. The molecule has 0 spiro atoms.